The van der Waals surface area contributed by atoms with Crippen LogP contribution >= 0.6 is 0 Å². The summed E-state index contributed by atoms with van der Waals surface area (Å²) in [5.74, 6) is -6.77. The van der Waals surface area contributed by atoms with E-state index < -0.39 is 41.2 Å². The first-order valence-corrected chi connectivity index (χ1v) is 15.0. The standard InChI is InChI=1S/C31H46O12/c1-6-11-13-16-22(32)18-19-24-30(39-20-15-12-14-17-29(37)38-10-5)23(33)21-25(40-24)31(41-26(34)7-2,42-27(35)8-3)43-28(36)9-4/h18-19,21-22,32H,6-17,20H2,1-5H3/t22-/m0/s1. The van der Waals surface area contributed by atoms with Crippen molar-refractivity contribution in [1.82, 2.24) is 0 Å². The number of rotatable bonds is 21. The van der Waals surface area contributed by atoms with Crippen LogP contribution in [0.4, 0.5) is 0 Å². The van der Waals surface area contributed by atoms with Gasteiger partial charge in [-0.15, -0.1) is 0 Å². The normalized spacial score (nSPS) is 12.0. The van der Waals surface area contributed by atoms with Crippen molar-refractivity contribution in [2.45, 2.75) is 117 Å². The van der Waals surface area contributed by atoms with Gasteiger partial charge in [0.2, 0.25) is 16.9 Å². The maximum Gasteiger partial charge on any atom is 0.488 e. The van der Waals surface area contributed by atoms with Crippen molar-refractivity contribution in [3.8, 4) is 5.75 Å². The summed E-state index contributed by atoms with van der Waals surface area (Å²) in [6.45, 7) is 8.61. The maximum atomic E-state index is 13.3. The van der Waals surface area contributed by atoms with Crippen molar-refractivity contribution in [1.29, 1.82) is 0 Å². The average molecular weight is 611 g/mol. The van der Waals surface area contributed by atoms with Crippen LogP contribution in [0.2, 0.25) is 0 Å². The van der Waals surface area contributed by atoms with Gasteiger partial charge in [0.25, 0.3) is 0 Å². The SMILES string of the molecule is CCCCC[C@H](O)C=Cc1oc(C(OC(=O)CC)(OC(=O)CC)OC(=O)CC)cc(=O)c1OCCCCCC(=O)OCC. The highest BCUT2D eigenvalue weighted by Gasteiger charge is 2.49. The van der Waals surface area contributed by atoms with Crippen molar-refractivity contribution in [2.24, 2.45) is 0 Å². The van der Waals surface area contributed by atoms with Gasteiger partial charge in [0.15, 0.2) is 5.76 Å². The van der Waals surface area contributed by atoms with Crippen molar-refractivity contribution >= 4 is 30.0 Å². The molecular formula is C31H46O12. The Morgan fingerprint density at radius 1 is 0.860 bits per heavy atom. The Balaban J connectivity index is 3.50. The molecular weight excluding hydrogens is 564 g/mol. The van der Waals surface area contributed by atoms with Crippen molar-refractivity contribution in [2.75, 3.05) is 13.2 Å². The van der Waals surface area contributed by atoms with Gasteiger partial charge in [0, 0.05) is 31.7 Å². The highest BCUT2D eigenvalue weighted by Crippen LogP contribution is 2.33. The number of hydrogen-bond donors (Lipinski definition) is 1. The van der Waals surface area contributed by atoms with Crippen molar-refractivity contribution < 1.29 is 52.4 Å². The molecule has 0 fully saturated rings. The van der Waals surface area contributed by atoms with Crippen molar-refractivity contribution in [3.63, 3.8) is 0 Å². The summed E-state index contributed by atoms with van der Waals surface area (Å²) in [5.41, 5.74) is -0.745. The quantitative estimate of drug-likeness (QED) is 0.112. The largest absolute Gasteiger partial charge is 0.488 e. The van der Waals surface area contributed by atoms with Crippen LogP contribution in [-0.2, 0) is 44.1 Å². The minimum Gasteiger partial charge on any atom is -0.486 e. The van der Waals surface area contributed by atoms with Gasteiger partial charge in [0.1, 0.15) is 0 Å². The van der Waals surface area contributed by atoms with Crippen LogP contribution in [0.1, 0.15) is 117 Å². The van der Waals surface area contributed by atoms with Crippen LogP contribution in [0.25, 0.3) is 6.08 Å². The third-order valence-electron chi connectivity index (χ3n) is 5.99. The fourth-order valence-electron chi connectivity index (χ4n) is 3.64. The Kier molecular flexibility index (Phi) is 17.6. The number of aliphatic hydroxyl groups excluding tert-OH is 1. The van der Waals surface area contributed by atoms with E-state index in [9.17, 15) is 29.1 Å². The Morgan fingerprint density at radius 3 is 2.00 bits per heavy atom. The molecule has 43 heavy (non-hydrogen) atoms. The summed E-state index contributed by atoms with van der Waals surface area (Å²) in [7, 11) is 0. The van der Waals surface area contributed by atoms with E-state index in [4.69, 9.17) is 28.1 Å². The molecule has 12 nitrogen and oxygen atoms in total. The molecule has 0 aliphatic rings. The Bertz CT molecular complexity index is 1070. The fraction of sp³-hybridized carbons (Fsp3) is 0.645. The van der Waals surface area contributed by atoms with Gasteiger partial charge >= 0.3 is 29.9 Å². The number of carbonyl (C=O) groups excluding carboxylic acids is 4. The smallest absolute Gasteiger partial charge is 0.486 e. The Morgan fingerprint density at radius 2 is 1.47 bits per heavy atom. The summed E-state index contributed by atoms with van der Waals surface area (Å²) >= 11 is 0. The molecule has 242 valence electrons. The molecule has 0 aliphatic heterocycles. The molecule has 0 spiro atoms. The van der Waals surface area contributed by atoms with Crippen LogP contribution in [0, 0.1) is 0 Å². The van der Waals surface area contributed by atoms with Gasteiger partial charge in [0.05, 0.1) is 19.3 Å². The predicted octanol–water partition coefficient (Wildman–Crippen LogP) is 5.07. The molecule has 0 aliphatic carbocycles. The number of esters is 4. The molecule has 0 bridgehead atoms. The molecule has 0 saturated heterocycles. The number of carbonyl (C=O) groups is 4. The average Bonchev–Trinajstić information content (AvgIpc) is 2.98. The molecule has 1 aromatic rings. The minimum absolute atomic E-state index is 0.0957. The molecule has 1 aromatic heterocycles. The van der Waals surface area contributed by atoms with Gasteiger partial charge in [-0.3, -0.25) is 24.0 Å². The van der Waals surface area contributed by atoms with Gasteiger partial charge in [-0.25, -0.2) is 0 Å². The first-order valence-electron chi connectivity index (χ1n) is 15.0. The van der Waals surface area contributed by atoms with E-state index in [1.807, 2.05) is 6.92 Å². The molecule has 0 unspecified atom stereocenters. The van der Waals surface area contributed by atoms with Crippen LogP contribution in [0.3, 0.4) is 0 Å². The van der Waals surface area contributed by atoms with Crippen LogP contribution in [0.5, 0.6) is 5.75 Å². The molecule has 0 amide bonds. The monoisotopic (exact) mass is 610 g/mol. The van der Waals surface area contributed by atoms with Crippen LogP contribution < -0.4 is 10.2 Å². The summed E-state index contributed by atoms with van der Waals surface area (Å²) < 4.78 is 32.5. The number of hydrogen-bond acceptors (Lipinski definition) is 12. The maximum absolute atomic E-state index is 13.3. The third kappa shape index (κ3) is 13.5. The van der Waals surface area contributed by atoms with E-state index in [2.05, 4.69) is 0 Å². The minimum atomic E-state index is -2.81. The van der Waals surface area contributed by atoms with E-state index in [1.165, 1.54) is 32.9 Å². The molecule has 0 radical (unpaired) electrons. The van der Waals surface area contributed by atoms with E-state index in [0.717, 1.165) is 25.3 Å². The topological polar surface area (TPSA) is 165 Å². The highest BCUT2D eigenvalue weighted by atomic mass is 16.9. The third-order valence-corrected chi connectivity index (χ3v) is 5.99. The highest BCUT2D eigenvalue weighted by molar-refractivity contribution is 5.74. The fourth-order valence-corrected chi connectivity index (χ4v) is 3.64. The summed E-state index contributed by atoms with van der Waals surface area (Å²) in [6.07, 6.45) is 6.46. The van der Waals surface area contributed by atoms with Crippen molar-refractivity contribution in [3.05, 3.63) is 33.9 Å². The molecule has 1 heterocycles. The molecule has 0 aromatic carbocycles. The first-order chi connectivity index (χ1) is 20.5. The van der Waals surface area contributed by atoms with Gasteiger partial charge in [-0.05, 0) is 38.7 Å². The zero-order valence-electron chi connectivity index (χ0n) is 25.9. The van der Waals surface area contributed by atoms with Gasteiger partial charge in [-0.2, -0.15) is 0 Å². The molecule has 12 heteroatoms. The Labute approximate surface area is 252 Å². The lowest BCUT2D eigenvalue weighted by atomic mass is 10.1. The van der Waals surface area contributed by atoms with Crippen LogP contribution in [0.15, 0.2) is 21.4 Å². The lowest BCUT2D eigenvalue weighted by molar-refractivity contribution is -0.347. The molecule has 1 rings (SSSR count). The second-order valence-electron chi connectivity index (χ2n) is 9.59. The second-order valence-corrected chi connectivity index (χ2v) is 9.59. The lowest BCUT2D eigenvalue weighted by Crippen LogP contribution is -2.42. The zero-order chi connectivity index (χ0) is 32.3. The summed E-state index contributed by atoms with van der Waals surface area (Å²) in [6, 6.07) is 0.861. The first kappa shape index (κ1) is 37.4. The predicted molar refractivity (Wildman–Crippen MR) is 156 cm³/mol. The summed E-state index contributed by atoms with van der Waals surface area (Å²) in [4.78, 5) is 62.1. The summed E-state index contributed by atoms with van der Waals surface area (Å²) in [5, 5.41) is 10.4. The second kappa shape index (κ2) is 20.3. The molecule has 0 saturated carbocycles. The van der Waals surface area contributed by atoms with Crippen LogP contribution in [-0.4, -0.2) is 48.3 Å². The lowest BCUT2D eigenvalue weighted by Gasteiger charge is -2.30. The number of unbranched alkanes of at least 4 members (excludes halogenated alkanes) is 4. The van der Waals surface area contributed by atoms with E-state index in [1.54, 1.807) is 6.92 Å². The molecule has 1 N–H and O–H groups in total. The van der Waals surface area contributed by atoms with Gasteiger partial charge < -0.3 is 33.2 Å². The molecule has 1 atom stereocenters. The van der Waals surface area contributed by atoms with E-state index in [0.29, 0.717) is 32.3 Å². The van der Waals surface area contributed by atoms with Gasteiger partial charge in [-0.1, -0.05) is 53.0 Å². The number of ether oxygens (including phenoxy) is 5. The number of aliphatic hydroxyl groups is 1. The zero-order valence-corrected chi connectivity index (χ0v) is 25.9. The Hall–Kier alpha value is -3.67. The van der Waals surface area contributed by atoms with E-state index in [-0.39, 0.29) is 49.8 Å². The van der Waals surface area contributed by atoms with E-state index >= 15 is 0 Å².